The van der Waals surface area contributed by atoms with Gasteiger partial charge in [-0.05, 0) is 25.0 Å². The molecule has 0 atom stereocenters. The molecule has 92 valence electrons. The van der Waals surface area contributed by atoms with Crippen LogP contribution in [0.5, 0.6) is 11.5 Å². The predicted molar refractivity (Wildman–Crippen MR) is 65.5 cm³/mol. The normalized spacial score (nSPS) is 14.9. The third-order valence-electron chi connectivity index (χ3n) is 3.14. The molecule has 0 aliphatic heterocycles. The summed E-state index contributed by atoms with van der Waals surface area (Å²) in [4.78, 5) is 11.9. The topological polar surface area (TPSA) is 47.6 Å². The van der Waals surface area contributed by atoms with Gasteiger partial charge in [0.25, 0.3) is 0 Å². The molecule has 0 radical (unpaired) electrons. The second-order valence-corrected chi connectivity index (χ2v) is 4.18. The first kappa shape index (κ1) is 11.8. The lowest BCUT2D eigenvalue weighted by molar-refractivity contribution is -0.122. The number of carbonyl (C=O) groups is 1. The average Bonchev–Trinajstić information content (AvgIpc) is 2.26. The Hall–Kier alpha value is -1.71. The number of hydrogen-bond acceptors (Lipinski definition) is 3. The number of nitrogens with one attached hydrogen (secondary N) is 1. The predicted octanol–water partition coefficient (Wildman–Crippen LogP) is 2.44. The molecule has 4 heteroatoms. The van der Waals surface area contributed by atoms with E-state index in [-0.39, 0.29) is 11.8 Å². The Morgan fingerprint density at radius 2 is 2.06 bits per heavy atom. The van der Waals surface area contributed by atoms with Crippen LogP contribution in [0.25, 0.3) is 0 Å². The SMILES string of the molecule is COc1ccc(OC)c(NC(=O)C2CCC2)c1. The van der Waals surface area contributed by atoms with Crippen molar-refractivity contribution in [1.82, 2.24) is 0 Å². The van der Waals surface area contributed by atoms with E-state index in [2.05, 4.69) is 5.32 Å². The van der Waals surface area contributed by atoms with Gasteiger partial charge < -0.3 is 14.8 Å². The van der Waals surface area contributed by atoms with Gasteiger partial charge in [0.15, 0.2) is 0 Å². The summed E-state index contributed by atoms with van der Waals surface area (Å²) >= 11 is 0. The maximum absolute atomic E-state index is 11.9. The van der Waals surface area contributed by atoms with Gasteiger partial charge in [0, 0.05) is 12.0 Å². The van der Waals surface area contributed by atoms with Gasteiger partial charge in [0.1, 0.15) is 11.5 Å². The van der Waals surface area contributed by atoms with Crippen molar-refractivity contribution in [3.63, 3.8) is 0 Å². The maximum Gasteiger partial charge on any atom is 0.227 e. The van der Waals surface area contributed by atoms with E-state index in [4.69, 9.17) is 9.47 Å². The number of rotatable bonds is 4. The minimum Gasteiger partial charge on any atom is -0.497 e. The Bertz CT molecular complexity index is 413. The smallest absolute Gasteiger partial charge is 0.227 e. The van der Waals surface area contributed by atoms with E-state index in [1.807, 2.05) is 0 Å². The number of benzene rings is 1. The molecule has 0 saturated heterocycles. The van der Waals surface area contributed by atoms with Crippen molar-refractivity contribution in [2.24, 2.45) is 5.92 Å². The Morgan fingerprint density at radius 3 is 2.59 bits per heavy atom. The van der Waals surface area contributed by atoms with E-state index >= 15 is 0 Å². The Kier molecular flexibility index (Phi) is 3.52. The van der Waals surface area contributed by atoms with Crippen molar-refractivity contribution in [2.45, 2.75) is 19.3 Å². The van der Waals surface area contributed by atoms with E-state index in [0.29, 0.717) is 17.2 Å². The van der Waals surface area contributed by atoms with Crippen LogP contribution < -0.4 is 14.8 Å². The summed E-state index contributed by atoms with van der Waals surface area (Å²) in [6, 6.07) is 5.36. The second-order valence-electron chi connectivity index (χ2n) is 4.18. The number of anilines is 1. The van der Waals surface area contributed by atoms with Crippen LogP contribution >= 0.6 is 0 Å². The number of ether oxygens (including phenoxy) is 2. The Morgan fingerprint density at radius 1 is 1.29 bits per heavy atom. The monoisotopic (exact) mass is 235 g/mol. The maximum atomic E-state index is 11.9. The van der Waals surface area contributed by atoms with Gasteiger partial charge in [-0.15, -0.1) is 0 Å². The third-order valence-corrected chi connectivity index (χ3v) is 3.14. The van der Waals surface area contributed by atoms with E-state index in [0.717, 1.165) is 19.3 Å². The van der Waals surface area contributed by atoms with Gasteiger partial charge in [-0.1, -0.05) is 6.42 Å². The summed E-state index contributed by atoms with van der Waals surface area (Å²) in [6.07, 6.45) is 3.11. The van der Waals surface area contributed by atoms with Crippen LogP contribution in [-0.2, 0) is 4.79 Å². The molecule has 1 aromatic rings. The highest BCUT2D eigenvalue weighted by Crippen LogP contribution is 2.32. The van der Waals surface area contributed by atoms with Gasteiger partial charge >= 0.3 is 0 Å². The lowest BCUT2D eigenvalue weighted by atomic mass is 9.85. The lowest BCUT2D eigenvalue weighted by Crippen LogP contribution is -2.28. The van der Waals surface area contributed by atoms with Gasteiger partial charge in [-0.3, -0.25) is 4.79 Å². The summed E-state index contributed by atoms with van der Waals surface area (Å²) in [6.45, 7) is 0. The van der Waals surface area contributed by atoms with Crippen LogP contribution in [0.1, 0.15) is 19.3 Å². The van der Waals surface area contributed by atoms with E-state index in [1.165, 1.54) is 0 Å². The van der Waals surface area contributed by atoms with Crippen molar-refractivity contribution in [3.8, 4) is 11.5 Å². The molecule has 0 aromatic heterocycles. The second kappa shape index (κ2) is 5.08. The summed E-state index contributed by atoms with van der Waals surface area (Å²) in [7, 11) is 3.18. The molecule has 0 unspecified atom stereocenters. The van der Waals surface area contributed by atoms with Gasteiger partial charge in [-0.2, -0.15) is 0 Å². The standard InChI is InChI=1S/C13H17NO3/c1-16-10-6-7-12(17-2)11(8-10)14-13(15)9-4-3-5-9/h6-9H,3-5H2,1-2H3,(H,14,15). The molecule has 2 rings (SSSR count). The molecule has 0 heterocycles. The lowest BCUT2D eigenvalue weighted by Gasteiger charge is -2.24. The van der Waals surface area contributed by atoms with Crippen LogP contribution in [0.3, 0.4) is 0 Å². The minimum atomic E-state index is 0.0720. The zero-order chi connectivity index (χ0) is 12.3. The molecule has 4 nitrogen and oxygen atoms in total. The van der Waals surface area contributed by atoms with Gasteiger partial charge in [0.2, 0.25) is 5.91 Å². The van der Waals surface area contributed by atoms with Gasteiger partial charge in [0.05, 0.1) is 19.9 Å². The summed E-state index contributed by atoms with van der Waals surface area (Å²) < 4.78 is 10.3. The molecule has 1 aliphatic rings. The number of carbonyl (C=O) groups excluding carboxylic acids is 1. The molecule has 0 spiro atoms. The Labute approximate surface area is 101 Å². The van der Waals surface area contributed by atoms with Crippen molar-refractivity contribution in [2.75, 3.05) is 19.5 Å². The van der Waals surface area contributed by atoms with Crippen molar-refractivity contribution in [1.29, 1.82) is 0 Å². The zero-order valence-corrected chi connectivity index (χ0v) is 10.2. The third kappa shape index (κ3) is 2.52. The molecule has 1 saturated carbocycles. The van der Waals surface area contributed by atoms with Crippen LogP contribution in [-0.4, -0.2) is 20.1 Å². The fourth-order valence-electron chi connectivity index (χ4n) is 1.82. The van der Waals surface area contributed by atoms with Crippen LogP contribution in [0.15, 0.2) is 18.2 Å². The molecule has 1 aromatic carbocycles. The van der Waals surface area contributed by atoms with Crippen molar-refractivity contribution in [3.05, 3.63) is 18.2 Å². The molecular formula is C13H17NO3. The first-order valence-electron chi connectivity index (χ1n) is 5.77. The fraction of sp³-hybridized carbons (Fsp3) is 0.462. The average molecular weight is 235 g/mol. The molecule has 1 amide bonds. The van der Waals surface area contributed by atoms with E-state index < -0.39 is 0 Å². The summed E-state index contributed by atoms with van der Waals surface area (Å²) in [5, 5.41) is 2.89. The first-order valence-corrected chi connectivity index (χ1v) is 5.77. The molecule has 1 aliphatic carbocycles. The van der Waals surface area contributed by atoms with Crippen molar-refractivity contribution < 1.29 is 14.3 Å². The highest BCUT2D eigenvalue weighted by Gasteiger charge is 2.25. The van der Waals surface area contributed by atoms with Crippen molar-refractivity contribution >= 4 is 11.6 Å². The fourth-order valence-corrected chi connectivity index (χ4v) is 1.82. The summed E-state index contributed by atoms with van der Waals surface area (Å²) in [5.41, 5.74) is 0.670. The highest BCUT2D eigenvalue weighted by molar-refractivity contribution is 5.94. The van der Waals surface area contributed by atoms with E-state index in [9.17, 15) is 4.79 Å². The number of hydrogen-bond donors (Lipinski definition) is 1. The molecule has 1 N–H and O–H groups in total. The highest BCUT2D eigenvalue weighted by atomic mass is 16.5. The molecule has 0 bridgehead atoms. The van der Waals surface area contributed by atoms with Gasteiger partial charge in [-0.25, -0.2) is 0 Å². The van der Waals surface area contributed by atoms with Crippen LogP contribution in [0.2, 0.25) is 0 Å². The first-order chi connectivity index (χ1) is 8.24. The number of methoxy groups -OCH3 is 2. The summed E-state index contributed by atoms with van der Waals surface area (Å²) in [5.74, 6) is 1.59. The minimum absolute atomic E-state index is 0.0720. The molecule has 1 fully saturated rings. The van der Waals surface area contributed by atoms with Crippen LogP contribution in [0, 0.1) is 5.92 Å². The van der Waals surface area contributed by atoms with Crippen LogP contribution in [0.4, 0.5) is 5.69 Å². The zero-order valence-electron chi connectivity index (χ0n) is 10.2. The molecule has 17 heavy (non-hydrogen) atoms. The largest absolute Gasteiger partial charge is 0.497 e. The Balaban J connectivity index is 2.14. The van der Waals surface area contributed by atoms with E-state index in [1.54, 1.807) is 32.4 Å². The quantitative estimate of drug-likeness (QED) is 0.872. The number of amides is 1. The molecular weight excluding hydrogens is 218 g/mol.